The quantitative estimate of drug-likeness (QED) is 0.872. The maximum absolute atomic E-state index is 12.0. The van der Waals surface area contributed by atoms with Crippen molar-refractivity contribution in [2.45, 2.75) is 10.9 Å². The van der Waals surface area contributed by atoms with Gasteiger partial charge in [0.2, 0.25) is 10.0 Å². The molecule has 0 bridgehead atoms. The van der Waals surface area contributed by atoms with Crippen LogP contribution >= 0.6 is 11.6 Å². The number of halogens is 1. The number of sulfonamides is 1. The first-order chi connectivity index (χ1) is 8.58. The highest BCUT2D eigenvalue weighted by molar-refractivity contribution is 7.89. The monoisotopic (exact) mass is 279 g/mol. The second kappa shape index (κ2) is 4.09. The van der Waals surface area contributed by atoms with Gasteiger partial charge < -0.3 is 0 Å². The molecule has 1 heterocycles. The molecule has 2 aromatic carbocycles. The maximum atomic E-state index is 12.0. The van der Waals surface area contributed by atoms with E-state index < -0.39 is 10.0 Å². The normalized spacial score (nSPS) is 20.6. The van der Waals surface area contributed by atoms with Crippen molar-refractivity contribution >= 4 is 21.6 Å². The van der Waals surface area contributed by atoms with Crippen molar-refractivity contribution in [3.63, 3.8) is 0 Å². The second-order valence-electron chi connectivity index (χ2n) is 4.15. The Morgan fingerprint density at radius 2 is 1.83 bits per heavy atom. The molecule has 0 spiro atoms. The van der Waals surface area contributed by atoms with Crippen LogP contribution in [-0.4, -0.2) is 8.42 Å². The molecular formula is C13H10ClNO2S. The van der Waals surface area contributed by atoms with E-state index in [4.69, 9.17) is 11.6 Å². The number of hydrogen-bond donors (Lipinski definition) is 1. The van der Waals surface area contributed by atoms with Crippen molar-refractivity contribution < 1.29 is 8.42 Å². The van der Waals surface area contributed by atoms with E-state index in [2.05, 4.69) is 4.72 Å². The van der Waals surface area contributed by atoms with E-state index in [0.29, 0.717) is 9.92 Å². The van der Waals surface area contributed by atoms with E-state index in [0.717, 1.165) is 11.1 Å². The first-order valence-electron chi connectivity index (χ1n) is 5.45. The fourth-order valence-corrected chi connectivity index (χ4v) is 3.83. The number of nitrogens with one attached hydrogen (secondary N) is 1. The highest BCUT2D eigenvalue weighted by atomic mass is 35.5. The summed E-state index contributed by atoms with van der Waals surface area (Å²) >= 11 is 5.94. The molecule has 3 nitrogen and oxygen atoms in total. The van der Waals surface area contributed by atoms with Crippen LogP contribution in [0.3, 0.4) is 0 Å². The molecule has 5 heteroatoms. The van der Waals surface area contributed by atoms with Gasteiger partial charge in [-0.25, -0.2) is 8.42 Å². The highest BCUT2D eigenvalue weighted by Gasteiger charge is 2.34. The van der Waals surface area contributed by atoms with Gasteiger partial charge in [-0.1, -0.05) is 41.9 Å². The van der Waals surface area contributed by atoms with Gasteiger partial charge in [0.15, 0.2) is 0 Å². The molecule has 1 N–H and O–H groups in total. The van der Waals surface area contributed by atoms with Gasteiger partial charge in [0.1, 0.15) is 0 Å². The van der Waals surface area contributed by atoms with E-state index in [-0.39, 0.29) is 6.04 Å². The highest BCUT2D eigenvalue weighted by Crippen LogP contribution is 2.35. The van der Waals surface area contributed by atoms with Crippen LogP contribution in [0.1, 0.15) is 17.2 Å². The van der Waals surface area contributed by atoms with E-state index in [1.807, 2.05) is 24.3 Å². The molecule has 1 aliphatic heterocycles. The third kappa shape index (κ3) is 1.82. The summed E-state index contributed by atoms with van der Waals surface area (Å²) in [6.45, 7) is 0. The van der Waals surface area contributed by atoms with E-state index in [1.165, 1.54) is 0 Å². The van der Waals surface area contributed by atoms with Crippen LogP contribution in [0, 0.1) is 0 Å². The summed E-state index contributed by atoms with van der Waals surface area (Å²) in [5.41, 5.74) is 1.61. The van der Waals surface area contributed by atoms with Crippen LogP contribution in [0.5, 0.6) is 0 Å². The molecule has 1 unspecified atom stereocenters. The zero-order valence-corrected chi connectivity index (χ0v) is 10.9. The molecule has 92 valence electrons. The van der Waals surface area contributed by atoms with Gasteiger partial charge in [0.25, 0.3) is 0 Å². The summed E-state index contributed by atoms with van der Waals surface area (Å²) in [6.07, 6.45) is 0. The molecule has 0 amide bonds. The fraction of sp³-hybridized carbons (Fsp3) is 0.0769. The van der Waals surface area contributed by atoms with Gasteiger partial charge in [-0.05, 0) is 29.3 Å². The van der Waals surface area contributed by atoms with Crippen LogP contribution in [0.4, 0.5) is 0 Å². The van der Waals surface area contributed by atoms with E-state index in [1.54, 1.807) is 24.3 Å². The van der Waals surface area contributed by atoms with Gasteiger partial charge in [-0.3, -0.25) is 0 Å². The van der Waals surface area contributed by atoms with Crippen molar-refractivity contribution in [3.05, 3.63) is 64.7 Å². The Morgan fingerprint density at radius 1 is 1.06 bits per heavy atom. The number of fused-ring (bicyclic) bond motifs is 1. The van der Waals surface area contributed by atoms with Crippen molar-refractivity contribution in [2.24, 2.45) is 0 Å². The van der Waals surface area contributed by atoms with Crippen LogP contribution in [0.25, 0.3) is 0 Å². The molecule has 18 heavy (non-hydrogen) atoms. The third-order valence-electron chi connectivity index (χ3n) is 2.97. The Hall–Kier alpha value is -1.36. The molecule has 1 aliphatic rings. The average Bonchev–Trinajstić information content (AvgIpc) is 2.63. The largest absolute Gasteiger partial charge is 0.241 e. The Balaban J connectivity index is 2.18. The predicted molar refractivity (Wildman–Crippen MR) is 70.1 cm³/mol. The predicted octanol–water partition coefficient (Wildman–Crippen LogP) is 2.72. The van der Waals surface area contributed by atoms with Crippen molar-refractivity contribution in [1.82, 2.24) is 4.72 Å². The zero-order chi connectivity index (χ0) is 12.8. The van der Waals surface area contributed by atoms with Crippen molar-refractivity contribution in [1.29, 1.82) is 0 Å². The van der Waals surface area contributed by atoms with E-state index in [9.17, 15) is 8.42 Å². The molecule has 1 atom stereocenters. The smallest absolute Gasteiger partial charge is 0.207 e. The molecule has 0 aromatic heterocycles. The van der Waals surface area contributed by atoms with Gasteiger partial charge >= 0.3 is 0 Å². The van der Waals surface area contributed by atoms with Crippen LogP contribution < -0.4 is 4.72 Å². The van der Waals surface area contributed by atoms with Crippen LogP contribution in [0.15, 0.2) is 53.4 Å². The summed E-state index contributed by atoms with van der Waals surface area (Å²) < 4.78 is 26.6. The van der Waals surface area contributed by atoms with Gasteiger partial charge in [0, 0.05) is 5.02 Å². The minimum Gasteiger partial charge on any atom is -0.207 e. The summed E-state index contributed by atoms with van der Waals surface area (Å²) in [5.74, 6) is 0. The molecule has 0 saturated heterocycles. The lowest BCUT2D eigenvalue weighted by Crippen LogP contribution is -2.20. The lowest BCUT2D eigenvalue weighted by Gasteiger charge is -2.11. The first-order valence-corrected chi connectivity index (χ1v) is 7.31. The van der Waals surface area contributed by atoms with Gasteiger partial charge in [0.05, 0.1) is 10.9 Å². The summed E-state index contributed by atoms with van der Waals surface area (Å²) in [6, 6.07) is 13.8. The Bertz CT molecular complexity index is 712. The fourth-order valence-electron chi connectivity index (χ4n) is 2.18. The lowest BCUT2D eigenvalue weighted by atomic mass is 10.00. The molecule has 0 aliphatic carbocycles. The van der Waals surface area contributed by atoms with Gasteiger partial charge in [-0.2, -0.15) is 4.72 Å². The first kappa shape index (κ1) is 11.7. The topological polar surface area (TPSA) is 46.2 Å². The molecular weight excluding hydrogens is 270 g/mol. The maximum Gasteiger partial charge on any atom is 0.241 e. The van der Waals surface area contributed by atoms with Crippen LogP contribution in [-0.2, 0) is 10.0 Å². The van der Waals surface area contributed by atoms with E-state index >= 15 is 0 Å². The Kier molecular flexibility index (Phi) is 2.66. The molecule has 3 rings (SSSR count). The van der Waals surface area contributed by atoms with Crippen molar-refractivity contribution in [3.8, 4) is 0 Å². The Morgan fingerprint density at radius 3 is 2.61 bits per heavy atom. The minimum atomic E-state index is -3.41. The molecule has 0 saturated carbocycles. The SMILES string of the molecule is O=S1(=O)NC(c2cccc(Cl)c2)c2ccccc21. The number of rotatable bonds is 1. The molecule has 0 radical (unpaired) electrons. The average molecular weight is 280 g/mol. The third-order valence-corrected chi connectivity index (χ3v) is 4.71. The second-order valence-corrected chi connectivity index (χ2v) is 6.27. The van der Waals surface area contributed by atoms with Gasteiger partial charge in [-0.15, -0.1) is 0 Å². The zero-order valence-electron chi connectivity index (χ0n) is 9.30. The molecule has 0 fully saturated rings. The standard InChI is InChI=1S/C13H10ClNO2S/c14-10-5-3-4-9(8-10)13-11-6-1-2-7-12(11)18(16,17)15-13/h1-8,13,15H. The number of benzene rings is 2. The molecule has 2 aromatic rings. The summed E-state index contributed by atoms with van der Waals surface area (Å²) in [5, 5.41) is 0.594. The Labute approximate surface area is 110 Å². The summed E-state index contributed by atoms with van der Waals surface area (Å²) in [4.78, 5) is 0.343. The lowest BCUT2D eigenvalue weighted by molar-refractivity contribution is 0.585. The van der Waals surface area contributed by atoms with Crippen molar-refractivity contribution in [2.75, 3.05) is 0 Å². The minimum absolute atomic E-state index is 0.343. The van der Waals surface area contributed by atoms with Crippen LogP contribution in [0.2, 0.25) is 5.02 Å². The number of hydrogen-bond acceptors (Lipinski definition) is 2. The summed E-state index contributed by atoms with van der Waals surface area (Å²) in [7, 11) is -3.41.